The Balaban J connectivity index is 2.70. The lowest BCUT2D eigenvalue weighted by Crippen LogP contribution is -2.43. The highest BCUT2D eigenvalue weighted by Crippen LogP contribution is 2.23. The summed E-state index contributed by atoms with van der Waals surface area (Å²) in [5, 5.41) is 12.0. The first-order chi connectivity index (χ1) is 9.79. The minimum atomic E-state index is -0.260. The third kappa shape index (κ3) is 5.14. The zero-order chi connectivity index (χ0) is 16.0. The van der Waals surface area contributed by atoms with Gasteiger partial charge >= 0.3 is 0 Å². The van der Waals surface area contributed by atoms with Gasteiger partial charge in [0.1, 0.15) is 0 Å². The first-order valence-electron chi connectivity index (χ1n) is 7.56. The zero-order valence-corrected chi connectivity index (χ0v) is 13.8. The van der Waals surface area contributed by atoms with Gasteiger partial charge in [-0.05, 0) is 36.6 Å². The first-order valence-corrected chi connectivity index (χ1v) is 7.56. The number of nitrogens with one attached hydrogen (secondary N) is 1. The van der Waals surface area contributed by atoms with Crippen LogP contribution < -0.4 is 5.32 Å². The average Bonchev–Trinajstić information content (AvgIpc) is 2.43. The molecule has 21 heavy (non-hydrogen) atoms. The molecule has 1 amide bonds. The van der Waals surface area contributed by atoms with E-state index < -0.39 is 0 Å². The third-order valence-corrected chi connectivity index (χ3v) is 3.74. The summed E-state index contributed by atoms with van der Waals surface area (Å²) in [7, 11) is 0. The highest BCUT2D eigenvalue weighted by Gasteiger charge is 2.20. The molecule has 1 aromatic rings. The molecular weight excluding hydrogens is 264 g/mol. The number of carbonyl (C=O) groups excluding carboxylic acids is 1. The summed E-state index contributed by atoms with van der Waals surface area (Å²) in [6.45, 7) is 11.6. The molecule has 0 aliphatic heterocycles. The fourth-order valence-electron chi connectivity index (χ4n) is 2.22. The Hall–Kier alpha value is -1.39. The molecule has 0 saturated carbocycles. The smallest absolute Gasteiger partial charge is 0.241 e. The molecule has 118 valence electrons. The largest absolute Gasteiger partial charge is 0.395 e. The van der Waals surface area contributed by atoms with Crippen molar-refractivity contribution in [3.8, 4) is 0 Å². The standard InChI is InChI=1S/C17H28N2O2/c1-6-19(11-12-20)13(2)16(21)18-15-9-7-14(8-10-15)17(3,4)5/h7-10,13,20H,6,11-12H2,1-5H3,(H,18,21). The fourth-order valence-corrected chi connectivity index (χ4v) is 2.22. The van der Waals surface area contributed by atoms with Crippen LogP contribution in [0.5, 0.6) is 0 Å². The van der Waals surface area contributed by atoms with Crippen molar-refractivity contribution in [1.82, 2.24) is 4.90 Å². The number of aliphatic hydroxyl groups excluding tert-OH is 1. The number of benzene rings is 1. The Kier molecular flexibility index (Phi) is 6.37. The quantitative estimate of drug-likeness (QED) is 0.847. The lowest BCUT2D eigenvalue weighted by molar-refractivity contribution is -0.120. The number of carbonyl (C=O) groups is 1. The molecule has 4 heteroatoms. The van der Waals surface area contributed by atoms with E-state index in [0.717, 1.165) is 12.2 Å². The van der Waals surface area contributed by atoms with E-state index in [1.165, 1.54) is 5.56 Å². The lowest BCUT2D eigenvalue weighted by Gasteiger charge is -2.26. The van der Waals surface area contributed by atoms with Gasteiger partial charge in [0.15, 0.2) is 0 Å². The highest BCUT2D eigenvalue weighted by atomic mass is 16.3. The van der Waals surface area contributed by atoms with E-state index in [1.54, 1.807) is 0 Å². The SMILES string of the molecule is CCN(CCO)C(C)C(=O)Nc1ccc(C(C)(C)C)cc1. The predicted octanol–water partition coefficient (Wildman–Crippen LogP) is 2.63. The van der Waals surface area contributed by atoms with Gasteiger partial charge in [0, 0.05) is 12.2 Å². The summed E-state index contributed by atoms with van der Waals surface area (Å²) in [5.74, 6) is -0.0474. The monoisotopic (exact) mass is 292 g/mol. The third-order valence-electron chi connectivity index (χ3n) is 3.74. The molecule has 2 N–H and O–H groups in total. The Morgan fingerprint density at radius 3 is 2.29 bits per heavy atom. The van der Waals surface area contributed by atoms with E-state index in [0.29, 0.717) is 6.54 Å². The molecule has 0 heterocycles. The first kappa shape index (κ1) is 17.7. The summed E-state index contributed by atoms with van der Waals surface area (Å²) < 4.78 is 0. The molecule has 1 aromatic carbocycles. The van der Waals surface area contributed by atoms with Crippen LogP contribution in [0.4, 0.5) is 5.69 Å². The minimum Gasteiger partial charge on any atom is -0.395 e. The van der Waals surface area contributed by atoms with Gasteiger partial charge in [-0.1, -0.05) is 39.8 Å². The summed E-state index contributed by atoms with van der Waals surface area (Å²) >= 11 is 0. The number of aliphatic hydroxyl groups is 1. The van der Waals surface area contributed by atoms with Crippen molar-refractivity contribution in [3.63, 3.8) is 0 Å². The molecule has 0 aliphatic rings. The van der Waals surface area contributed by atoms with Crippen LogP contribution in [-0.2, 0) is 10.2 Å². The molecule has 0 spiro atoms. The molecule has 0 fully saturated rings. The number of hydrogen-bond acceptors (Lipinski definition) is 3. The molecule has 1 atom stereocenters. The Bertz CT molecular complexity index is 449. The normalized spacial score (nSPS) is 13.3. The maximum atomic E-state index is 12.2. The van der Waals surface area contributed by atoms with Gasteiger partial charge < -0.3 is 10.4 Å². The van der Waals surface area contributed by atoms with Crippen LogP contribution in [0.1, 0.15) is 40.2 Å². The number of nitrogens with zero attached hydrogens (tertiary/aromatic N) is 1. The van der Waals surface area contributed by atoms with Crippen LogP contribution in [0, 0.1) is 0 Å². The lowest BCUT2D eigenvalue weighted by atomic mass is 9.87. The van der Waals surface area contributed by atoms with Gasteiger partial charge in [-0.2, -0.15) is 0 Å². The molecule has 0 radical (unpaired) electrons. The van der Waals surface area contributed by atoms with Crippen molar-refractivity contribution < 1.29 is 9.90 Å². The molecule has 1 unspecified atom stereocenters. The summed E-state index contributed by atoms with van der Waals surface area (Å²) in [5.41, 5.74) is 2.15. The number of rotatable bonds is 6. The second kappa shape index (κ2) is 7.57. The molecule has 0 bridgehead atoms. The second-order valence-electron chi connectivity index (χ2n) is 6.34. The summed E-state index contributed by atoms with van der Waals surface area (Å²) in [4.78, 5) is 14.2. The maximum Gasteiger partial charge on any atom is 0.241 e. The van der Waals surface area contributed by atoms with Gasteiger partial charge in [0.2, 0.25) is 5.91 Å². The van der Waals surface area contributed by atoms with Crippen molar-refractivity contribution in [2.45, 2.75) is 46.1 Å². The molecule has 0 aliphatic carbocycles. The maximum absolute atomic E-state index is 12.2. The molecule has 0 saturated heterocycles. The Morgan fingerprint density at radius 2 is 1.86 bits per heavy atom. The minimum absolute atomic E-state index is 0.0474. The molecule has 1 rings (SSSR count). The zero-order valence-electron chi connectivity index (χ0n) is 13.8. The average molecular weight is 292 g/mol. The van der Waals surface area contributed by atoms with Crippen molar-refractivity contribution in [2.24, 2.45) is 0 Å². The van der Waals surface area contributed by atoms with Gasteiger partial charge in [-0.25, -0.2) is 0 Å². The Morgan fingerprint density at radius 1 is 1.29 bits per heavy atom. The van der Waals surface area contributed by atoms with Crippen molar-refractivity contribution >= 4 is 11.6 Å². The number of anilines is 1. The number of likely N-dealkylation sites (N-methyl/N-ethyl adjacent to an activating group) is 1. The van der Waals surface area contributed by atoms with Crippen LogP contribution in [0.25, 0.3) is 0 Å². The van der Waals surface area contributed by atoms with Crippen molar-refractivity contribution in [2.75, 3.05) is 25.0 Å². The van der Waals surface area contributed by atoms with Gasteiger partial charge in [-0.15, -0.1) is 0 Å². The van der Waals surface area contributed by atoms with Crippen LogP contribution in [-0.4, -0.2) is 41.7 Å². The summed E-state index contributed by atoms with van der Waals surface area (Å²) in [6.07, 6.45) is 0. The Labute approximate surface area is 128 Å². The van der Waals surface area contributed by atoms with E-state index >= 15 is 0 Å². The van der Waals surface area contributed by atoms with Crippen molar-refractivity contribution in [1.29, 1.82) is 0 Å². The van der Waals surface area contributed by atoms with Crippen molar-refractivity contribution in [3.05, 3.63) is 29.8 Å². The molecule has 0 aromatic heterocycles. The van der Waals surface area contributed by atoms with E-state index in [2.05, 4.69) is 26.1 Å². The van der Waals surface area contributed by atoms with Gasteiger partial charge in [-0.3, -0.25) is 9.69 Å². The van der Waals surface area contributed by atoms with E-state index in [9.17, 15) is 4.79 Å². The van der Waals surface area contributed by atoms with Gasteiger partial charge in [0.25, 0.3) is 0 Å². The van der Waals surface area contributed by atoms with Crippen LogP contribution >= 0.6 is 0 Å². The van der Waals surface area contributed by atoms with Crippen LogP contribution in [0.3, 0.4) is 0 Å². The van der Waals surface area contributed by atoms with Crippen LogP contribution in [0.15, 0.2) is 24.3 Å². The predicted molar refractivity (Wildman–Crippen MR) is 87.6 cm³/mol. The second-order valence-corrected chi connectivity index (χ2v) is 6.34. The molecular formula is C17H28N2O2. The topological polar surface area (TPSA) is 52.6 Å². The number of hydrogen-bond donors (Lipinski definition) is 2. The van der Waals surface area contributed by atoms with E-state index in [-0.39, 0.29) is 24.0 Å². The van der Waals surface area contributed by atoms with Crippen LogP contribution in [0.2, 0.25) is 0 Å². The fraction of sp³-hybridized carbons (Fsp3) is 0.588. The molecule has 4 nitrogen and oxygen atoms in total. The summed E-state index contributed by atoms with van der Waals surface area (Å²) in [6, 6.07) is 7.71. The number of amides is 1. The van der Waals surface area contributed by atoms with E-state index in [4.69, 9.17) is 5.11 Å². The van der Waals surface area contributed by atoms with E-state index in [1.807, 2.05) is 43.0 Å². The highest BCUT2D eigenvalue weighted by molar-refractivity contribution is 5.94. The van der Waals surface area contributed by atoms with Gasteiger partial charge in [0.05, 0.1) is 12.6 Å².